The molecule has 62 valence electrons. The van der Waals surface area contributed by atoms with Crippen LogP contribution in [-0.2, 0) is 4.79 Å². The highest BCUT2D eigenvalue weighted by Crippen LogP contribution is 2.07. The van der Waals surface area contributed by atoms with E-state index in [0.717, 1.165) is 19.3 Å². The minimum Gasteiger partial charge on any atom is -0.303 e. The number of aldehydes is 1. The van der Waals surface area contributed by atoms with E-state index >= 15 is 0 Å². The monoisotopic (exact) mass is 153 g/mol. The van der Waals surface area contributed by atoms with Gasteiger partial charge in [-0.3, -0.25) is 4.79 Å². The molecule has 1 heterocycles. The average molecular weight is 153 g/mol. The van der Waals surface area contributed by atoms with Crippen molar-refractivity contribution in [1.82, 2.24) is 4.90 Å². The first-order valence-electron chi connectivity index (χ1n) is 4.26. The molecule has 2 heteroatoms. The first-order chi connectivity index (χ1) is 5.43. The number of rotatable bonds is 4. The molecule has 0 spiro atoms. The second-order valence-corrected chi connectivity index (χ2v) is 2.90. The summed E-state index contributed by atoms with van der Waals surface area (Å²) in [7, 11) is 0. The fourth-order valence-electron chi connectivity index (χ4n) is 1.42. The Morgan fingerprint density at radius 2 is 2.00 bits per heavy atom. The molecule has 0 aliphatic carbocycles. The molecule has 0 N–H and O–H groups in total. The van der Waals surface area contributed by atoms with Crippen LogP contribution in [0.1, 0.15) is 19.3 Å². The molecule has 11 heavy (non-hydrogen) atoms. The predicted molar refractivity (Wildman–Crippen MR) is 45.5 cm³/mol. The van der Waals surface area contributed by atoms with Crippen LogP contribution >= 0.6 is 0 Å². The van der Waals surface area contributed by atoms with Gasteiger partial charge in [0.25, 0.3) is 0 Å². The van der Waals surface area contributed by atoms with Gasteiger partial charge in [-0.15, -0.1) is 0 Å². The highest BCUT2D eigenvalue weighted by molar-refractivity contribution is 5.64. The molecule has 0 aromatic rings. The average Bonchev–Trinajstić information content (AvgIpc) is 2.50. The van der Waals surface area contributed by atoms with Gasteiger partial charge in [0.1, 0.15) is 6.29 Å². The van der Waals surface area contributed by atoms with E-state index in [1.807, 2.05) is 6.08 Å². The third kappa shape index (κ3) is 3.33. The number of hydrogen-bond donors (Lipinski definition) is 0. The Balaban J connectivity index is 2.01. The molecule has 0 saturated carbocycles. The number of carbonyl (C=O) groups is 1. The third-order valence-electron chi connectivity index (χ3n) is 2.03. The molecule has 1 fully saturated rings. The highest BCUT2D eigenvalue weighted by Gasteiger charge is 2.08. The molecule has 2 nitrogen and oxygen atoms in total. The summed E-state index contributed by atoms with van der Waals surface area (Å²) in [5.41, 5.74) is 0. The van der Waals surface area contributed by atoms with E-state index in [2.05, 4.69) is 4.90 Å². The Kier molecular flexibility index (Phi) is 3.91. The molecule has 1 saturated heterocycles. The van der Waals surface area contributed by atoms with Crippen LogP contribution in [0.15, 0.2) is 12.2 Å². The molecule has 0 aromatic heterocycles. The van der Waals surface area contributed by atoms with Crippen LogP contribution in [-0.4, -0.2) is 30.8 Å². The van der Waals surface area contributed by atoms with Crippen LogP contribution in [0.2, 0.25) is 0 Å². The van der Waals surface area contributed by atoms with Gasteiger partial charge in [-0.2, -0.15) is 0 Å². The SMILES string of the molecule is O=C/C=C\CCN1CCCC1. The standard InChI is InChI=1S/C9H15NO/c11-9-5-1-2-6-10-7-3-4-8-10/h1,5,9H,2-4,6-8H2/b5-1-. The molecule has 0 aromatic carbocycles. The van der Waals surface area contributed by atoms with E-state index in [1.165, 1.54) is 25.9 Å². The summed E-state index contributed by atoms with van der Waals surface area (Å²) in [6.45, 7) is 3.61. The van der Waals surface area contributed by atoms with E-state index in [1.54, 1.807) is 6.08 Å². The Morgan fingerprint density at radius 3 is 2.64 bits per heavy atom. The minimum atomic E-state index is 0.837. The van der Waals surface area contributed by atoms with Crippen molar-refractivity contribution in [3.05, 3.63) is 12.2 Å². The summed E-state index contributed by atoms with van der Waals surface area (Å²) < 4.78 is 0. The van der Waals surface area contributed by atoms with Crippen LogP contribution < -0.4 is 0 Å². The highest BCUT2D eigenvalue weighted by atomic mass is 16.1. The molecule has 1 aliphatic heterocycles. The van der Waals surface area contributed by atoms with Crippen LogP contribution in [0.4, 0.5) is 0 Å². The fraction of sp³-hybridized carbons (Fsp3) is 0.667. The van der Waals surface area contributed by atoms with Crippen LogP contribution in [0.5, 0.6) is 0 Å². The van der Waals surface area contributed by atoms with E-state index in [-0.39, 0.29) is 0 Å². The van der Waals surface area contributed by atoms with E-state index < -0.39 is 0 Å². The normalized spacial score (nSPS) is 19.6. The van der Waals surface area contributed by atoms with Gasteiger partial charge in [0, 0.05) is 6.54 Å². The van der Waals surface area contributed by atoms with Crippen molar-refractivity contribution < 1.29 is 4.79 Å². The van der Waals surface area contributed by atoms with Crippen LogP contribution in [0.25, 0.3) is 0 Å². The lowest BCUT2D eigenvalue weighted by molar-refractivity contribution is -0.104. The largest absolute Gasteiger partial charge is 0.303 e. The molecule has 0 radical (unpaired) electrons. The van der Waals surface area contributed by atoms with Gasteiger partial charge >= 0.3 is 0 Å². The first-order valence-corrected chi connectivity index (χ1v) is 4.26. The summed E-state index contributed by atoms with van der Waals surface area (Å²) in [5.74, 6) is 0. The van der Waals surface area contributed by atoms with E-state index in [4.69, 9.17) is 0 Å². The van der Waals surface area contributed by atoms with Crippen molar-refractivity contribution in [3.63, 3.8) is 0 Å². The summed E-state index contributed by atoms with van der Waals surface area (Å²) in [5, 5.41) is 0. The summed E-state index contributed by atoms with van der Waals surface area (Å²) >= 11 is 0. The maximum atomic E-state index is 9.90. The Morgan fingerprint density at radius 1 is 1.27 bits per heavy atom. The molecule has 0 amide bonds. The van der Waals surface area contributed by atoms with Gasteiger partial charge in [-0.1, -0.05) is 6.08 Å². The van der Waals surface area contributed by atoms with Gasteiger partial charge in [-0.25, -0.2) is 0 Å². The van der Waals surface area contributed by atoms with Gasteiger partial charge in [-0.05, 0) is 38.4 Å². The summed E-state index contributed by atoms with van der Waals surface area (Å²) in [4.78, 5) is 12.3. The van der Waals surface area contributed by atoms with E-state index in [0.29, 0.717) is 0 Å². The van der Waals surface area contributed by atoms with Gasteiger partial charge in [0.05, 0.1) is 0 Å². The van der Waals surface area contributed by atoms with Crippen LogP contribution in [0, 0.1) is 0 Å². The lowest BCUT2D eigenvalue weighted by Crippen LogP contribution is -2.19. The zero-order valence-electron chi connectivity index (χ0n) is 6.83. The van der Waals surface area contributed by atoms with E-state index in [9.17, 15) is 4.79 Å². The van der Waals surface area contributed by atoms with Gasteiger partial charge in [0.15, 0.2) is 0 Å². The molecular weight excluding hydrogens is 138 g/mol. The minimum absolute atomic E-state index is 0.837. The summed E-state index contributed by atoms with van der Waals surface area (Å²) in [6, 6.07) is 0. The zero-order chi connectivity index (χ0) is 7.94. The second kappa shape index (κ2) is 5.08. The Labute approximate surface area is 67.9 Å². The topological polar surface area (TPSA) is 20.3 Å². The molecule has 0 atom stereocenters. The maximum absolute atomic E-state index is 9.90. The predicted octanol–water partition coefficient (Wildman–Crippen LogP) is 1.23. The number of allylic oxidation sites excluding steroid dienone is 1. The Bertz CT molecular complexity index is 136. The quantitative estimate of drug-likeness (QED) is 0.447. The van der Waals surface area contributed by atoms with Crippen molar-refractivity contribution in [1.29, 1.82) is 0 Å². The maximum Gasteiger partial charge on any atom is 0.142 e. The van der Waals surface area contributed by atoms with Crippen molar-refractivity contribution in [3.8, 4) is 0 Å². The lowest BCUT2D eigenvalue weighted by atomic mass is 10.3. The zero-order valence-corrected chi connectivity index (χ0v) is 6.83. The molecule has 0 bridgehead atoms. The van der Waals surface area contributed by atoms with Crippen LogP contribution in [0.3, 0.4) is 0 Å². The number of nitrogens with zero attached hydrogens (tertiary/aromatic N) is 1. The molecule has 0 unspecified atom stereocenters. The number of carbonyl (C=O) groups excluding carboxylic acids is 1. The van der Waals surface area contributed by atoms with Gasteiger partial charge in [0.2, 0.25) is 0 Å². The van der Waals surface area contributed by atoms with Gasteiger partial charge < -0.3 is 4.90 Å². The summed E-state index contributed by atoms with van der Waals surface area (Å²) in [6.07, 6.45) is 8.05. The first kappa shape index (κ1) is 8.47. The fourth-order valence-corrected chi connectivity index (χ4v) is 1.42. The molecule has 1 aliphatic rings. The van der Waals surface area contributed by atoms with Crippen molar-refractivity contribution in [2.24, 2.45) is 0 Å². The number of hydrogen-bond acceptors (Lipinski definition) is 2. The van der Waals surface area contributed by atoms with Crippen molar-refractivity contribution in [2.75, 3.05) is 19.6 Å². The molecular formula is C9H15NO. The second-order valence-electron chi connectivity index (χ2n) is 2.90. The Hall–Kier alpha value is -0.630. The lowest BCUT2D eigenvalue weighted by Gasteiger charge is -2.11. The smallest absolute Gasteiger partial charge is 0.142 e. The third-order valence-corrected chi connectivity index (χ3v) is 2.03. The number of likely N-dealkylation sites (tertiary alicyclic amines) is 1. The van der Waals surface area contributed by atoms with Crippen molar-refractivity contribution in [2.45, 2.75) is 19.3 Å². The molecule has 1 rings (SSSR count). The van der Waals surface area contributed by atoms with Crippen molar-refractivity contribution >= 4 is 6.29 Å².